The minimum Gasteiger partial charge on any atom is -0.478 e. The van der Waals surface area contributed by atoms with E-state index in [1.807, 2.05) is 0 Å². The molecule has 0 aromatic carbocycles. The van der Waals surface area contributed by atoms with Crippen LogP contribution in [0.15, 0.2) is 35.7 Å². The Hall–Kier alpha value is -2.59. The molecule has 1 aromatic rings. The van der Waals surface area contributed by atoms with E-state index in [0.717, 1.165) is 17.2 Å². The molecule has 0 amide bonds. The highest BCUT2D eigenvalue weighted by molar-refractivity contribution is 5.82. The van der Waals surface area contributed by atoms with E-state index in [1.54, 1.807) is 0 Å². The normalized spacial score (nSPS) is 19.3. The van der Waals surface area contributed by atoms with E-state index in [2.05, 4.69) is 10.1 Å². The maximum absolute atomic E-state index is 12.8. The molecule has 1 atom stereocenters. The van der Waals surface area contributed by atoms with Crippen LogP contribution in [0.2, 0.25) is 0 Å². The molecule has 2 rings (SSSR count). The summed E-state index contributed by atoms with van der Waals surface area (Å²) in [5.41, 5.74) is -2.76. The molecule has 1 aliphatic carbocycles. The SMILES string of the molecule is O=C(O)C=Cn1cnc(C2C=C(C(F)(F)F)C=C(C(F)(F)F)C2)n1. The van der Waals surface area contributed by atoms with Crippen LogP contribution in [-0.2, 0) is 4.79 Å². The molecule has 24 heavy (non-hydrogen) atoms. The van der Waals surface area contributed by atoms with Crippen LogP contribution < -0.4 is 0 Å². The van der Waals surface area contributed by atoms with Gasteiger partial charge in [-0.3, -0.25) is 0 Å². The summed E-state index contributed by atoms with van der Waals surface area (Å²) in [5, 5.41) is 12.2. The fourth-order valence-electron chi connectivity index (χ4n) is 2.02. The predicted molar refractivity (Wildman–Crippen MR) is 68.6 cm³/mol. The number of carboxylic acids is 1. The summed E-state index contributed by atoms with van der Waals surface area (Å²) in [6, 6.07) is 0. The second kappa shape index (κ2) is 6.13. The van der Waals surface area contributed by atoms with Gasteiger partial charge in [0.15, 0.2) is 5.82 Å². The number of alkyl halides is 6. The summed E-state index contributed by atoms with van der Waals surface area (Å²) in [4.78, 5) is 14.0. The Morgan fingerprint density at radius 1 is 1.25 bits per heavy atom. The van der Waals surface area contributed by atoms with Gasteiger partial charge in [-0.25, -0.2) is 14.5 Å². The summed E-state index contributed by atoms with van der Waals surface area (Å²) in [6.45, 7) is 0. The molecule has 0 radical (unpaired) electrons. The number of hydrogen-bond donors (Lipinski definition) is 1. The lowest BCUT2D eigenvalue weighted by Crippen LogP contribution is -2.22. The van der Waals surface area contributed by atoms with E-state index in [0.29, 0.717) is 12.2 Å². The van der Waals surface area contributed by atoms with Gasteiger partial charge in [0.2, 0.25) is 0 Å². The molecule has 0 aliphatic heterocycles. The number of hydrogen-bond acceptors (Lipinski definition) is 3. The highest BCUT2D eigenvalue weighted by Crippen LogP contribution is 2.42. The van der Waals surface area contributed by atoms with Crippen LogP contribution in [0.4, 0.5) is 26.3 Å². The van der Waals surface area contributed by atoms with Gasteiger partial charge in [-0.15, -0.1) is 0 Å². The van der Waals surface area contributed by atoms with Gasteiger partial charge >= 0.3 is 18.3 Å². The molecule has 1 unspecified atom stereocenters. The second-order valence-electron chi connectivity index (χ2n) is 4.83. The molecule has 5 nitrogen and oxygen atoms in total. The van der Waals surface area contributed by atoms with Crippen LogP contribution >= 0.6 is 0 Å². The summed E-state index contributed by atoms with van der Waals surface area (Å²) in [6.07, 6.45) is -7.27. The largest absolute Gasteiger partial charge is 0.478 e. The van der Waals surface area contributed by atoms with Gasteiger partial charge in [0.05, 0.1) is 5.57 Å². The van der Waals surface area contributed by atoms with Gasteiger partial charge in [-0.05, 0) is 12.5 Å². The van der Waals surface area contributed by atoms with Crippen molar-refractivity contribution in [1.29, 1.82) is 0 Å². The Balaban J connectivity index is 2.35. The molecule has 130 valence electrons. The summed E-state index contributed by atoms with van der Waals surface area (Å²) in [7, 11) is 0. The van der Waals surface area contributed by atoms with Gasteiger partial charge in [-0.2, -0.15) is 31.4 Å². The molecule has 1 aliphatic rings. The predicted octanol–water partition coefficient (Wildman–Crippen LogP) is 3.30. The van der Waals surface area contributed by atoms with Crippen molar-refractivity contribution in [3.63, 3.8) is 0 Å². The molecular formula is C13H9F6N3O2. The van der Waals surface area contributed by atoms with Crippen LogP contribution in [0.1, 0.15) is 18.2 Å². The van der Waals surface area contributed by atoms with Crippen molar-refractivity contribution in [3.8, 4) is 0 Å². The summed E-state index contributed by atoms with van der Waals surface area (Å²) in [5.74, 6) is -2.91. The Labute approximate surface area is 130 Å². The summed E-state index contributed by atoms with van der Waals surface area (Å²) < 4.78 is 77.8. The first kappa shape index (κ1) is 17.8. The Bertz CT molecular complexity index is 727. The molecule has 11 heteroatoms. The van der Waals surface area contributed by atoms with Gasteiger partial charge in [0, 0.05) is 23.8 Å². The average Bonchev–Trinajstić information content (AvgIpc) is 2.91. The van der Waals surface area contributed by atoms with Crippen LogP contribution in [0.5, 0.6) is 0 Å². The zero-order chi connectivity index (χ0) is 18.1. The van der Waals surface area contributed by atoms with Crippen LogP contribution in [-0.4, -0.2) is 38.2 Å². The third-order valence-corrected chi connectivity index (χ3v) is 3.07. The second-order valence-corrected chi connectivity index (χ2v) is 4.83. The minimum atomic E-state index is -4.94. The van der Waals surface area contributed by atoms with Crippen molar-refractivity contribution in [3.05, 3.63) is 41.5 Å². The standard InChI is InChI=1S/C13H9F6N3O2/c14-12(15,16)8-3-7(4-9(5-8)13(17,18)19)11-20-6-22(21-11)2-1-10(23)24/h1-3,5-7H,4H2,(H,23,24). The van der Waals surface area contributed by atoms with E-state index < -0.39 is 41.8 Å². The van der Waals surface area contributed by atoms with Gasteiger partial charge in [0.1, 0.15) is 6.33 Å². The van der Waals surface area contributed by atoms with Crippen molar-refractivity contribution in [1.82, 2.24) is 14.8 Å². The third-order valence-electron chi connectivity index (χ3n) is 3.07. The first-order valence-electron chi connectivity index (χ1n) is 6.36. The number of aliphatic carboxylic acids is 1. The highest BCUT2D eigenvalue weighted by Gasteiger charge is 2.42. The van der Waals surface area contributed by atoms with Crippen LogP contribution in [0, 0.1) is 0 Å². The molecule has 1 heterocycles. The van der Waals surface area contributed by atoms with Gasteiger partial charge in [-0.1, -0.05) is 6.08 Å². The molecule has 0 fully saturated rings. The maximum Gasteiger partial charge on any atom is 0.416 e. The fourth-order valence-corrected chi connectivity index (χ4v) is 2.02. The van der Waals surface area contributed by atoms with Gasteiger partial charge in [0.25, 0.3) is 0 Å². The first-order chi connectivity index (χ1) is 11.0. The smallest absolute Gasteiger partial charge is 0.416 e. The third kappa shape index (κ3) is 4.24. The first-order valence-corrected chi connectivity index (χ1v) is 6.36. The van der Waals surface area contributed by atoms with Crippen molar-refractivity contribution in [2.24, 2.45) is 0 Å². The number of aromatic nitrogens is 3. The minimum absolute atomic E-state index is 0.0673. The Morgan fingerprint density at radius 2 is 1.92 bits per heavy atom. The van der Waals surface area contributed by atoms with Crippen molar-refractivity contribution in [2.75, 3.05) is 0 Å². The summed E-state index contributed by atoms with van der Waals surface area (Å²) >= 11 is 0. The van der Waals surface area contributed by atoms with E-state index in [1.165, 1.54) is 0 Å². The zero-order valence-corrected chi connectivity index (χ0v) is 11.6. The van der Waals surface area contributed by atoms with Crippen molar-refractivity contribution < 1.29 is 36.2 Å². The van der Waals surface area contributed by atoms with Crippen LogP contribution in [0.25, 0.3) is 6.20 Å². The number of carbonyl (C=O) groups is 1. The topological polar surface area (TPSA) is 68.0 Å². The Kier molecular flexibility index (Phi) is 4.54. The monoisotopic (exact) mass is 353 g/mol. The lowest BCUT2D eigenvalue weighted by atomic mass is 9.89. The van der Waals surface area contributed by atoms with Crippen molar-refractivity contribution in [2.45, 2.75) is 24.7 Å². The Morgan fingerprint density at radius 3 is 2.46 bits per heavy atom. The lowest BCUT2D eigenvalue weighted by molar-refractivity contribution is -0.131. The lowest BCUT2D eigenvalue weighted by Gasteiger charge is -2.22. The number of allylic oxidation sites excluding steroid dienone is 4. The molecule has 0 spiro atoms. The number of carboxylic acid groups (broad SMARTS) is 1. The average molecular weight is 353 g/mol. The number of rotatable bonds is 3. The fraction of sp³-hybridized carbons (Fsp3) is 0.308. The zero-order valence-electron chi connectivity index (χ0n) is 11.6. The van der Waals surface area contributed by atoms with Gasteiger partial charge < -0.3 is 5.11 Å². The highest BCUT2D eigenvalue weighted by atomic mass is 19.4. The molecule has 0 bridgehead atoms. The molecule has 1 aromatic heterocycles. The quantitative estimate of drug-likeness (QED) is 0.669. The molecule has 0 saturated heterocycles. The van der Waals surface area contributed by atoms with E-state index >= 15 is 0 Å². The van der Waals surface area contributed by atoms with E-state index in [-0.39, 0.29) is 11.9 Å². The molecule has 0 saturated carbocycles. The van der Waals surface area contributed by atoms with E-state index in [9.17, 15) is 31.1 Å². The number of nitrogens with zero attached hydrogens (tertiary/aromatic N) is 3. The van der Waals surface area contributed by atoms with E-state index in [4.69, 9.17) is 5.11 Å². The maximum atomic E-state index is 12.8. The molecular weight excluding hydrogens is 344 g/mol. The number of halogens is 6. The molecule has 1 N–H and O–H groups in total. The van der Waals surface area contributed by atoms with Crippen molar-refractivity contribution >= 4 is 12.2 Å². The van der Waals surface area contributed by atoms with Crippen LogP contribution in [0.3, 0.4) is 0 Å².